The quantitative estimate of drug-likeness (QED) is 0.747. The van der Waals surface area contributed by atoms with Crippen LogP contribution in [0.5, 0.6) is 5.75 Å². The zero-order valence-electron chi connectivity index (χ0n) is 10.9. The molecule has 21 heavy (non-hydrogen) atoms. The summed E-state index contributed by atoms with van der Waals surface area (Å²) in [4.78, 5) is 12.1. The van der Waals surface area contributed by atoms with Crippen LogP contribution in [0.4, 0.5) is 5.69 Å². The Labute approximate surface area is 127 Å². The summed E-state index contributed by atoms with van der Waals surface area (Å²) in [6.45, 7) is -0.242. The number of amides is 1. The Morgan fingerprint density at radius 3 is 2.76 bits per heavy atom. The lowest BCUT2D eigenvalue weighted by Gasteiger charge is -2.08. The van der Waals surface area contributed by atoms with Gasteiger partial charge in [-0.1, -0.05) is 29.5 Å². The number of halogens is 1. The average Bonchev–Trinajstić information content (AvgIpc) is 2.48. The lowest BCUT2D eigenvalue weighted by Crippen LogP contribution is -2.12. The molecule has 106 valence electrons. The molecule has 0 aliphatic rings. The van der Waals surface area contributed by atoms with Crippen molar-refractivity contribution >= 4 is 23.2 Å². The third-order valence-electron chi connectivity index (χ3n) is 2.63. The van der Waals surface area contributed by atoms with Gasteiger partial charge in [0.1, 0.15) is 12.4 Å². The number of aromatic hydroxyl groups is 1. The maximum absolute atomic E-state index is 12.1. The number of aliphatic hydroxyl groups excluding tert-OH is 1. The predicted molar refractivity (Wildman–Crippen MR) is 81.5 cm³/mol. The Balaban J connectivity index is 2.24. The molecular formula is C16H12ClNO3. The monoisotopic (exact) mass is 301 g/mol. The van der Waals surface area contributed by atoms with Gasteiger partial charge in [-0.3, -0.25) is 4.79 Å². The van der Waals surface area contributed by atoms with Crippen LogP contribution < -0.4 is 5.32 Å². The normalized spacial score (nSPS) is 9.62. The van der Waals surface area contributed by atoms with E-state index in [9.17, 15) is 9.90 Å². The minimum Gasteiger partial charge on any atom is -0.508 e. The molecule has 0 fully saturated rings. The van der Waals surface area contributed by atoms with Crippen LogP contribution >= 0.6 is 11.6 Å². The van der Waals surface area contributed by atoms with E-state index in [1.165, 1.54) is 12.1 Å². The SMILES string of the molecule is O=C(Nc1cc(C#CCO)ccc1Cl)c1cccc(O)c1. The van der Waals surface area contributed by atoms with Gasteiger partial charge in [-0.2, -0.15) is 0 Å². The molecule has 2 aromatic carbocycles. The second-order valence-corrected chi connectivity index (χ2v) is 4.57. The van der Waals surface area contributed by atoms with E-state index in [1.807, 2.05) is 0 Å². The molecule has 0 aliphatic carbocycles. The summed E-state index contributed by atoms with van der Waals surface area (Å²) in [6.07, 6.45) is 0. The summed E-state index contributed by atoms with van der Waals surface area (Å²) < 4.78 is 0. The van der Waals surface area contributed by atoms with Crippen molar-refractivity contribution in [2.75, 3.05) is 11.9 Å². The number of nitrogens with one attached hydrogen (secondary N) is 1. The fourth-order valence-corrected chi connectivity index (χ4v) is 1.85. The van der Waals surface area contributed by atoms with Gasteiger partial charge in [0.25, 0.3) is 5.91 Å². The number of phenolic OH excluding ortho intramolecular Hbond substituents is 1. The fraction of sp³-hybridized carbons (Fsp3) is 0.0625. The van der Waals surface area contributed by atoms with Gasteiger partial charge in [-0.25, -0.2) is 0 Å². The van der Waals surface area contributed by atoms with Crippen molar-refractivity contribution in [3.8, 4) is 17.6 Å². The largest absolute Gasteiger partial charge is 0.508 e. The van der Waals surface area contributed by atoms with Crippen LogP contribution in [-0.2, 0) is 0 Å². The summed E-state index contributed by atoms with van der Waals surface area (Å²) in [7, 11) is 0. The molecule has 0 aliphatic heterocycles. The third-order valence-corrected chi connectivity index (χ3v) is 2.96. The molecule has 0 saturated heterocycles. The van der Waals surface area contributed by atoms with Gasteiger partial charge < -0.3 is 15.5 Å². The van der Waals surface area contributed by atoms with E-state index in [0.29, 0.717) is 21.8 Å². The van der Waals surface area contributed by atoms with E-state index in [-0.39, 0.29) is 18.3 Å². The molecule has 0 bridgehead atoms. The third kappa shape index (κ3) is 3.99. The molecule has 0 heterocycles. The first-order valence-corrected chi connectivity index (χ1v) is 6.47. The standard InChI is InChI=1S/C16H12ClNO3/c17-14-7-6-11(3-2-8-19)9-15(14)18-16(21)12-4-1-5-13(20)10-12/h1,4-7,9-10,19-20H,8H2,(H,18,21). The molecule has 2 aromatic rings. The van der Waals surface area contributed by atoms with E-state index in [1.54, 1.807) is 30.3 Å². The summed E-state index contributed by atoms with van der Waals surface area (Å²) in [5, 5.41) is 21.1. The number of phenols is 1. The van der Waals surface area contributed by atoms with Crippen LogP contribution in [-0.4, -0.2) is 22.7 Å². The highest BCUT2D eigenvalue weighted by atomic mass is 35.5. The number of hydrogen-bond donors (Lipinski definition) is 3. The Bertz CT molecular complexity index is 732. The zero-order valence-corrected chi connectivity index (χ0v) is 11.7. The first-order valence-electron chi connectivity index (χ1n) is 6.10. The second kappa shape index (κ2) is 6.80. The van der Waals surface area contributed by atoms with E-state index in [4.69, 9.17) is 16.7 Å². The van der Waals surface area contributed by atoms with Crippen LogP contribution in [0.15, 0.2) is 42.5 Å². The highest BCUT2D eigenvalue weighted by Crippen LogP contribution is 2.23. The molecular weight excluding hydrogens is 290 g/mol. The molecule has 0 unspecified atom stereocenters. The highest BCUT2D eigenvalue weighted by Gasteiger charge is 2.09. The van der Waals surface area contributed by atoms with E-state index in [2.05, 4.69) is 17.2 Å². The molecule has 1 amide bonds. The van der Waals surface area contributed by atoms with Gasteiger partial charge in [0.2, 0.25) is 0 Å². The minimum atomic E-state index is -0.389. The average molecular weight is 302 g/mol. The summed E-state index contributed by atoms with van der Waals surface area (Å²) >= 11 is 6.03. The molecule has 0 spiro atoms. The first-order chi connectivity index (χ1) is 10.1. The van der Waals surface area contributed by atoms with Crippen LogP contribution in [0.3, 0.4) is 0 Å². The van der Waals surface area contributed by atoms with Crippen molar-refractivity contribution in [1.29, 1.82) is 0 Å². The molecule has 5 heteroatoms. The van der Waals surface area contributed by atoms with Gasteiger partial charge in [-0.15, -0.1) is 0 Å². The van der Waals surface area contributed by atoms with Crippen LogP contribution in [0.1, 0.15) is 15.9 Å². The molecule has 2 rings (SSSR count). The molecule has 0 saturated carbocycles. The number of carbonyl (C=O) groups is 1. The summed E-state index contributed by atoms with van der Waals surface area (Å²) in [5.74, 6) is 4.88. The lowest BCUT2D eigenvalue weighted by atomic mass is 10.1. The lowest BCUT2D eigenvalue weighted by molar-refractivity contribution is 0.102. The van der Waals surface area contributed by atoms with Crippen molar-refractivity contribution in [3.05, 3.63) is 58.6 Å². The Hall–Kier alpha value is -2.48. The van der Waals surface area contributed by atoms with Gasteiger partial charge in [0.05, 0.1) is 10.7 Å². The fourth-order valence-electron chi connectivity index (χ4n) is 1.68. The Morgan fingerprint density at radius 2 is 2.05 bits per heavy atom. The molecule has 0 aromatic heterocycles. The van der Waals surface area contributed by atoms with E-state index >= 15 is 0 Å². The van der Waals surface area contributed by atoms with E-state index in [0.717, 1.165) is 0 Å². The highest BCUT2D eigenvalue weighted by molar-refractivity contribution is 6.34. The topological polar surface area (TPSA) is 69.6 Å². The maximum atomic E-state index is 12.1. The van der Waals surface area contributed by atoms with Crippen LogP contribution in [0.25, 0.3) is 0 Å². The number of rotatable bonds is 2. The Kier molecular flexibility index (Phi) is 4.83. The predicted octanol–water partition coefficient (Wildman–Crippen LogP) is 2.64. The number of carbonyl (C=O) groups excluding carboxylic acids is 1. The number of aliphatic hydroxyl groups is 1. The minimum absolute atomic E-state index is 0.0105. The summed E-state index contributed by atoms with van der Waals surface area (Å²) in [6, 6.07) is 10.9. The van der Waals surface area contributed by atoms with Crippen molar-refractivity contribution in [2.24, 2.45) is 0 Å². The Morgan fingerprint density at radius 1 is 1.24 bits per heavy atom. The zero-order chi connectivity index (χ0) is 15.2. The molecule has 3 N–H and O–H groups in total. The summed E-state index contributed by atoms with van der Waals surface area (Å²) in [5.41, 5.74) is 1.35. The van der Waals surface area contributed by atoms with Gasteiger partial charge in [-0.05, 0) is 36.4 Å². The van der Waals surface area contributed by atoms with Gasteiger partial charge in [0, 0.05) is 11.1 Å². The molecule has 0 radical (unpaired) electrons. The number of hydrogen-bond acceptors (Lipinski definition) is 3. The number of benzene rings is 2. The van der Waals surface area contributed by atoms with E-state index < -0.39 is 0 Å². The molecule has 4 nitrogen and oxygen atoms in total. The number of anilines is 1. The molecule has 0 atom stereocenters. The van der Waals surface area contributed by atoms with Gasteiger partial charge >= 0.3 is 0 Å². The second-order valence-electron chi connectivity index (χ2n) is 4.16. The van der Waals surface area contributed by atoms with Gasteiger partial charge in [0.15, 0.2) is 0 Å². The maximum Gasteiger partial charge on any atom is 0.255 e. The van der Waals surface area contributed by atoms with Crippen molar-refractivity contribution in [3.63, 3.8) is 0 Å². The first kappa shape index (κ1) is 14.9. The van der Waals surface area contributed by atoms with Crippen molar-refractivity contribution in [2.45, 2.75) is 0 Å². The van der Waals surface area contributed by atoms with Crippen LogP contribution in [0.2, 0.25) is 5.02 Å². The van der Waals surface area contributed by atoms with Crippen LogP contribution in [0, 0.1) is 11.8 Å². The van der Waals surface area contributed by atoms with Crippen molar-refractivity contribution < 1.29 is 15.0 Å². The smallest absolute Gasteiger partial charge is 0.255 e. The van der Waals surface area contributed by atoms with Crippen molar-refractivity contribution in [1.82, 2.24) is 0 Å².